The van der Waals surface area contributed by atoms with Gasteiger partial charge in [-0.1, -0.05) is 65.5 Å². The summed E-state index contributed by atoms with van der Waals surface area (Å²) >= 11 is 2.30. The first-order chi connectivity index (χ1) is 13.6. The van der Waals surface area contributed by atoms with E-state index in [0.29, 0.717) is 10.8 Å². The minimum absolute atomic E-state index is 0.364. The maximum Gasteiger partial charge on any atom is 0.119 e. The van der Waals surface area contributed by atoms with Crippen molar-refractivity contribution in [2.24, 2.45) is 46.3 Å². The first-order valence-corrected chi connectivity index (χ1v) is 13.8. The van der Waals surface area contributed by atoms with Crippen LogP contribution in [-0.4, -0.2) is 8.71 Å². The third-order valence-electron chi connectivity index (χ3n) is 10.3. The highest BCUT2D eigenvalue weighted by molar-refractivity contribution is 14.1. The normalized spacial score (nSPS) is 47.9. The van der Waals surface area contributed by atoms with E-state index < -0.39 is 3.61 Å². The average molecular weight is 513 g/mol. The van der Waals surface area contributed by atoms with Crippen molar-refractivity contribution in [3.8, 4) is 0 Å². The highest BCUT2D eigenvalue weighted by Crippen LogP contribution is 2.68. The van der Waals surface area contributed by atoms with Crippen LogP contribution in [0, 0.1) is 46.3 Å². The number of fused-ring (bicyclic) bond motifs is 5. The third kappa shape index (κ3) is 4.00. The van der Waals surface area contributed by atoms with Crippen LogP contribution in [0.2, 0.25) is 0 Å². The largest absolute Gasteiger partial charge is 0.379 e. The SMILES string of the molecule is CC(C)CCC[C@@H](C)[C@H]1CC[C@H]2[C@@H]3CC=C4CC(O)(I)CC[C@]4(C)[C@H]3CC[C@]12C. The molecule has 0 aliphatic heterocycles. The molecule has 8 atom stereocenters. The Labute approximate surface area is 194 Å². The maximum absolute atomic E-state index is 10.7. The minimum Gasteiger partial charge on any atom is -0.379 e. The molecule has 0 aromatic rings. The molecule has 0 aromatic carbocycles. The quantitative estimate of drug-likeness (QED) is 0.224. The smallest absolute Gasteiger partial charge is 0.119 e. The van der Waals surface area contributed by atoms with Crippen molar-refractivity contribution in [1.29, 1.82) is 0 Å². The summed E-state index contributed by atoms with van der Waals surface area (Å²) in [6.07, 6.45) is 17.1. The average Bonchev–Trinajstić information content (AvgIpc) is 2.99. The van der Waals surface area contributed by atoms with Gasteiger partial charge in [0.1, 0.15) is 3.61 Å². The zero-order valence-corrected chi connectivity index (χ0v) is 21.8. The summed E-state index contributed by atoms with van der Waals surface area (Å²) in [5.41, 5.74) is 2.55. The van der Waals surface area contributed by atoms with Gasteiger partial charge in [0.05, 0.1) is 0 Å². The number of hydrogen-bond donors (Lipinski definition) is 1. The molecule has 0 bridgehead atoms. The summed E-state index contributed by atoms with van der Waals surface area (Å²) in [6, 6.07) is 0. The van der Waals surface area contributed by atoms with E-state index in [1.165, 1.54) is 57.8 Å². The zero-order chi connectivity index (χ0) is 21.0. The Kier molecular flexibility index (Phi) is 6.31. The number of alkyl halides is 1. The van der Waals surface area contributed by atoms with Gasteiger partial charge in [-0.2, -0.15) is 0 Å². The summed E-state index contributed by atoms with van der Waals surface area (Å²) in [7, 11) is 0. The molecule has 29 heavy (non-hydrogen) atoms. The molecule has 3 fully saturated rings. The molecule has 4 rings (SSSR count). The van der Waals surface area contributed by atoms with Crippen molar-refractivity contribution in [2.75, 3.05) is 0 Å². The lowest BCUT2D eigenvalue weighted by Crippen LogP contribution is -2.51. The second-order valence-corrected chi connectivity index (χ2v) is 14.4. The van der Waals surface area contributed by atoms with Crippen LogP contribution in [-0.2, 0) is 0 Å². The molecule has 2 heteroatoms. The van der Waals surface area contributed by atoms with Gasteiger partial charge in [0.25, 0.3) is 0 Å². The van der Waals surface area contributed by atoms with Crippen molar-refractivity contribution in [3.63, 3.8) is 0 Å². The van der Waals surface area contributed by atoms with Crippen LogP contribution < -0.4 is 0 Å². The Bertz CT molecular complexity index is 636. The fraction of sp³-hybridized carbons (Fsp3) is 0.926. The van der Waals surface area contributed by atoms with Crippen molar-refractivity contribution in [3.05, 3.63) is 11.6 Å². The van der Waals surface area contributed by atoms with E-state index in [1.54, 1.807) is 5.57 Å². The van der Waals surface area contributed by atoms with E-state index in [4.69, 9.17) is 0 Å². The monoisotopic (exact) mass is 512 g/mol. The molecule has 166 valence electrons. The second kappa shape index (κ2) is 8.09. The molecule has 0 amide bonds. The standard InChI is InChI=1S/C27H45IO/c1-18(2)7-6-8-19(3)22-11-12-23-21-10-9-20-17-27(28,29)16-15-25(20,4)24(21)13-14-26(22,23)5/h9,18-19,21-24,29H,6-8,10-17H2,1-5H3/t19-,21+,22-,23+,24+,25+,26-,27?/m1/s1. The predicted molar refractivity (Wildman–Crippen MR) is 132 cm³/mol. The van der Waals surface area contributed by atoms with Gasteiger partial charge in [-0.05, 0) is 114 Å². The van der Waals surface area contributed by atoms with Crippen LogP contribution in [0.1, 0.15) is 105 Å². The highest BCUT2D eigenvalue weighted by atomic mass is 127. The summed E-state index contributed by atoms with van der Waals surface area (Å²) in [4.78, 5) is 0. The Morgan fingerprint density at radius 2 is 1.79 bits per heavy atom. The van der Waals surface area contributed by atoms with Crippen LogP contribution in [0.5, 0.6) is 0 Å². The van der Waals surface area contributed by atoms with Crippen LogP contribution in [0.15, 0.2) is 11.6 Å². The first kappa shape index (κ1) is 22.6. The summed E-state index contributed by atoms with van der Waals surface area (Å²) < 4.78 is -0.497. The van der Waals surface area contributed by atoms with E-state index in [-0.39, 0.29) is 0 Å². The molecule has 0 spiro atoms. The van der Waals surface area contributed by atoms with Gasteiger partial charge in [0.15, 0.2) is 0 Å². The summed E-state index contributed by atoms with van der Waals surface area (Å²) in [5, 5.41) is 10.7. The molecule has 4 aliphatic carbocycles. The predicted octanol–water partition coefficient (Wildman–Crippen LogP) is 8.15. The fourth-order valence-corrected chi connectivity index (χ4v) is 9.31. The van der Waals surface area contributed by atoms with Gasteiger partial charge in [-0.15, -0.1) is 0 Å². The van der Waals surface area contributed by atoms with E-state index >= 15 is 0 Å². The summed E-state index contributed by atoms with van der Waals surface area (Å²) in [6.45, 7) is 12.6. The molecular weight excluding hydrogens is 467 g/mol. The Morgan fingerprint density at radius 1 is 1.03 bits per heavy atom. The molecule has 3 saturated carbocycles. The molecule has 0 saturated heterocycles. The first-order valence-electron chi connectivity index (χ1n) is 12.7. The van der Waals surface area contributed by atoms with E-state index in [0.717, 1.165) is 48.3 Å². The topological polar surface area (TPSA) is 20.2 Å². The fourth-order valence-electron chi connectivity index (χ4n) is 8.63. The third-order valence-corrected chi connectivity index (χ3v) is 11.2. The van der Waals surface area contributed by atoms with Crippen LogP contribution in [0.3, 0.4) is 0 Å². The summed E-state index contributed by atoms with van der Waals surface area (Å²) in [5.74, 6) is 5.40. The van der Waals surface area contributed by atoms with Crippen molar-refractivity contribution < 1.29 is 5.11 Å². The van der Waals surface area contributed by atoms with Crippen LogP contribution >= 0.6 is 22.6 Å². The van der Waals surface area contributed by atoms with Crippen molar-refractivity contribution in [2.45, 2.75) is 109 Å². The van der Waals surface area contributed by atoms with Crippen molar-refractivity contribution >= 4 is 22.6 Å². The maximum atomic E-state index is 10.7. The lowest BCUT2D eigenvalue weighted by atomic mass is 9.47. The molecule has 1 unspecified atom stereocenters. The zero-order valence-electron chi connectivity index (χ0n) is 19.6. The molecule has 4 aliphatic rings. The van der Waals surface area contributed by atoms with E-state index in [1.807, 2.05) is 0 Å². The van der Waals surface area contributed by atoms with Crippen LogP contribution in [0.25, 0.3) is 0 Å². The number of aliphatic hydroxyl groups is 1. The number of hydrogen-bond acceptors (Lipinski definition) is 1. The number of halogens is 1. The number of rotatable bonds is 5. The molecule has 1 N–H and O–H groups in total. The lowest BCUT2D eigenvalue weighted by molar-refractivity contribution is -0.0586. The van der Waals surface area contributed by atoms with Gasteiger partial charge < -0.3 is 5.11 Å². The van der Waals surface area contributed by atoms with Gasteiger partial charge in [0, 0.05) is 6.42 Å². The van der Waals surface area contributed by atoms with E-state index in [9.17, 15) is 5.11 Å². The lowest BCUT2D eigenvalue weighted by Gasteiger charge is -2.59. The number of allylic oxidation sites excluding steroid dienone is 1. The van der Waals surface area contributed by atoms with E-state index in [2.05, 4.69) is 63.3 Å². The Morgan fingerprint density at radius 3 is 2.52 bits per heavy atom. The molecular formula is C27H45IO. The molecule has 1 nitrogen and oxygen atoms in total. The van der Waals surface area contributed by atoms with Crippen LogP contribution in [0.4, 0.5) is 0 Å². The second-order valence-electron chi connectivity index (χ2n) is 12.4. The van der Waals surface area contributed by atoms with Gasteiger partial charge >= 0.3 is 0 Å². The minimum atomic E-state index is -0.497. The molecule has 0 heterocycles. The Balaban J connectivity index is 1.50. The molecule has 0 aromatic heterocycles. The Hall–Kier alpha value is 0.430. The van der Waals surface area contributed by atoms with Gasteiger partial charge in [-0.3, -0.25) is 0 Å². The molecule has 0 radical (unpaired) electrons. The van der Waals surface area contributed by atoms with Gasteiger partial charge in [0.2, 0.25) is 0 Å². The van der Waals surface area contributed by atoms with Gasteiger partial charge in [-0.25, -0.2) is 0 Å². The highest BCUT2D eigenvalue weighted by Gasteiger charge is 2.59. The van der Waals surface area contributed by atoms with Crippen molar-refractivity contribution in [1.82, 2.24) is 0 Å².